The van der Waals surface area contributed by atoms with Crippen molar-refractivity contribution in [1.82, 2.24) is 10.6 Å². The van der Waals surface area contributed by atoms with Gasteiger partial charge in [0.2, 0.25) is 0 Å². The molecule has 6 heteroatoms. The SMILES string of the molecule is C=C(C)CNC(=O)N[C@H](C)c1cc(OC)c(OC)cc1F. The van der Waals surface area contributed by atoms with Crippen molar-refractivity contribution in [2.75, 3.05) is 20.8 Å². The highest BCUT2D eigenvalue weighted by molar-refractivity contribution is 5.74. The fourth-order valence-electron chi connectivity index (χ4n) is 1.76. The number of benzene rings is 1. The third-order valence-corrected chi connectivity index (χ3v) is 2.87. The summed E-state index contributed by atoms with van der Waals surface area (Å²) in [5.41, 5.74) is 1.15. The first-order valence-corrected chi connectivity index (χ1v) is 6.49. The highest BCUT2D eigenvalue weighted by atomic mass is 19.1. The Kier molecular flexibility index (Phi) is 6.02. The molecule has 0 aliphatic heterocycles. The minimum Gasteiger partial charge on any atom is -0.493 e. The molecular formula is C15H21FN2O3. The molecule has 2 amide bonds. The van der Waals surface area contributed by atoms with Crippen molar-refractivity contribution in [3.05, 3.63) is 35.7 Å². The third kappa shape index (κ3) is 4.66. The molecule has 0 heterocycles. The molecule has 0 aliphatic carbocycles. The van der Waals surface area contributed by atoms with Crippen LogP contribution in [0.5, 0.6) is 11.5 Å². The monoisotopic (exact) mass is 296 g/mol. The summed E-state index contributed by atoms with van der Waals surface area (Å²) in [6.45, 7) is 7.54. The van der Waals surface area contributed by atoms with Gasteiger partial charge in [0, 0.05) is 18.2 Å². The van der Waals surface area contributed by atoms with Crippen LogP contribution in [-0.2, 0) is 0 Å². The second kappa shape index (κ2) is 7.52. The Labute approximate surface area is 124 Å². The van der Waals surface area contributed by atoms with Gasteiger partial charge in [0.05, 0.1) is 20.3 Å². The predicted octanol–water partition coefficient (Wildman–Crippen LogP) is 2.78. The minimum atomic E-state index is -0.519. The molecule has 0 aromatic heterocycles. The van der Waals surface area contributed by atoms with Crippen LogP contribution in [0.1, 0.15) is 25.5 Å². The molecule has 5 nitrogen and oxygen atoms in total. The van der Waals surface area contributed by atoms with Crippen molar-refractivity contribution in [1.29, 1.82) is 0 Å². The molecule has 1 atom stereocenters. The summed E-state index contributed by atoms with van der Waals surface area (Å²) >= 11 is 0. The number of urea groups is 1. The zero-order valence-electron chi connectivity index (χ0n) is 12.7. The summed E-state index contributed by atoms with van der Waals surface area (Å²) in [7, 11) is 2.90. The number of halogens is 1. The Morgan fingerprint density at radius 1 is 1.33 bits per heavy atom. The lowest BCUT2D eigenvalue weighted by atomic mass is 10.1. The van der Waals surface area contributed by atoms with Crippen molar-refractivity contribution < 1.29 is 18.7 Å². The summed E-state index contributed by atoms with van der Waals surface area (Å²) in [6, 6.07) is 1.84. The van der Waals surface area contributed by atoms with E-state index < -0.39 is 11.9 Å². The van der Waals surface area contributed by atoms with E-state index in [4.69, 9.17) is 9.47 Å². The Hall–Kier alpha value is -2.24. The Bertz CT molecular complexity index is 532. The van der Waals surface area contributed by atoms with Crippen LogP contribution in [0.15, 0.2) is 24.3 Å². The number of methoxy groups -OCH3 is 2. The van der Waals surface area contributed by atoms with Gasteiger partial charge in [-0.2, -0.15) is 0 Å². The van der Waals surface area contributed by atoms with E-state index in [9.17, 15) is 9.18 Å². The normalized spacial score (nSPS) is 11.5. The molecule has 1 rings (SSSR count). The lowest BCUT2D eigenvalue weighted by Gasteiger charge is -2.18. The topological polar surface area (TPSA) is 59.6 Å². The number of carbonyl (C=O) groups is 1. The quantitative estimate of drug-likeness (QED) is 0.794. The van der Waals surface area contributed by atoms with Gasteiger partial charge in [0.25, 0.3) is 0 Å². The van der Waals surface area contributed by atoms with Gasteiger partial charge in [0.1, 0.15) is 5.82 Å². The van der Waals surface area contributed by atoms with Crippen LogP contribution in [0.25, 0.3) is 0 Å². The smallest absolute Gasteiger partial charge is 0.315 e. The van der Waals surface area contributed by atoms with Crippen molar-refractivity contribution in [2.24, 2.45) is 0 Å². The van der Waals surface area contributed by atoms with Gasteiger partial charge < -0.3 is 20.1 Å². The lowest BCUT2D eigenvalue weighted by Crippen LogP contribution is -2.37. The number of hydrogen-bond acceptors (Lipinski definition) is 3. The van der Waals surface area contributed by atoms with Gasteiger partial charge >= 0.3 is 6.03 Å². The molecular weight excluding hydrogens is 275 g/mol. The van der Waals surface area contributed by atoms with Gasteiger partial charge in [-0.15, -0.1) is 0 Å². The first-order chi connectivity index (χ1) is 9.88. The first-order valence-electron chi connectivity index (χ1n) is 6.49. The van der Waals surface area contributed by atoms with E-state index in [2.05, 4.69) is 17.2 Å². The highest BCUT2D eigenvalue weighted by Gasteiger charge is 2.17. The highest BCUT2D eigenvalue weighted by Crippen LogP contribution is 2.32. The van der Waals surface area contributed by atoms with Crippen LogP contribution in [0.3, 0.4) is 0 Å². The number of hydrogen-bond donors (Lipinski definition) is 2. The summed E-state index contributed by atoms with van der Waals surface area (Å²) in [4.78, 5) is 11.7. The number of amides is 2. The Morgan fingerprint density at radius 2 is 1.90 bits per heavy atom. The van der Waals surface area contributed by atoms with Gasteiger partial charge in [-0.05, 0) is 19.9 Å². The van der Waals surface area contributed by atoms with Crippen LogP contribution in [0.4, 0.5) is 9.18 Å². The molecule has 116 valence electrons. The summed E-state index contributed by atoms with van der Waals surface area (Å²) in [5.74, 6) is 0.239. The predicted molar refractivity (Wildman–Crippen MR) is 79.3 cm³/mol. The first kappa shape index (κ1) is 16.8. The molecule has 21 heavy (non-hydrogen) atoms. The molecule has 0 radical (unpaired) electrons. The zero-order chi connectivity index (χ0) is 16.0. The molecule has 1 aromatic rings. The van der Waals surface area contributed by atoms with Gasteiger partial charge in [-0.25, -0.2) is 9.18 Å². The number of carbonyl (C=O) groups excluding carboxylic acids is 1. The van der Waals surface area contributed by atoms with Crippen molar-refractivity contribution in [3.8, 4) is 11.5 Å². The van der Waals surface area contributed by atoms with Crippen LogP contribution in [0, 0.1) is 5.82 Å². The van der Waals surface area contributed by atoms with Crippen LogP contribution in [0.2, 0.25) is 0 Å². The Balaban J connectivity index is 2.84. The van der Waals surface area contributed by atoms with E-state index in [1.165, 1.54) is 26.4 Å². The largest absolute Gasteiger partial charge is 0.493 e. The molecule has 0 bridgehead atoms. The number of ether oxygens (including phenoxy) is 2. The number of rotatable bonds is 6. The minimum absolute atomic E-state index is 0.303. The fourth-order valence-corrected chi connectivity index (χ4v) is 1.76. The standard InChI is InChI=1S/C15H21FN2O3/c1-9(2)8-17-15(19)18-10(3)11-6-13(20-4)14(21-5)7-12(11)16/h6-7,10H,1,8H2,2-5H3,(H2,17,18,19)/t10-/m1/s1. The summed E-state index contributed by atoms with van der Waals surface area (Å²) in [5, 5.41) is 5.28. The molecule has 0 aliphatic rings. The van der Waals surface area contributed by atoms with E-state index in [0.717, 1.165) is 5.57 Å². The second-order valence-electron chi connectivity index (χ2n) is 4.73. The lowest BCUT2D eigenvalue weighted by molar-refractivity contribution is 0.238. The van der Waals surface area contributed by atoms with E-state index >= 15 is 0 Å². The second-order valence-corrected chi connectivity index (χ2v) is 4.73. The molecule has 0 saturated heterocycles. The summed E-state index contributed by atoms with van der Waals surface area (Å²) in [6.07, 6.45) is 0. The molecule has 1 aromatic carbocycles. The summed E-state index contributed by atoms with van der Waals surface area (Å²) < 4.78 is 24.2. The van der Waals surface area contributed by atoms with Crippen LogP contribution in [-0.4, -0.2) is 26.8 Å². The maximum absolute atomic E-state index is 14.0. The maximum atomic E-state index is 14.0. The van der Waals surface area contributed by atoms with Crippen molar-refractivity contribution >= 4 is 6.03 Å². The van der Waals surface area contributed by atoms with Crippen molar-refractivity contribution in [3.63, 3.8) is 0 Å². The molecule has 0 spiro atoms. The van der Waals surface area contributed by atoms with Gasteiger partial charge in [-0.3, -0.25) is 0 Å². The average Bonchev–Trinajstić information content (AvgIpc) is 2.44. The van der Waals surface area contributed by atoms with Crippen molar-refractivity contribution in [2.45, 2.75) is 19.9 Å². The van der Waals surface area contributed by atoms with E-state index in [0.29, 0.717) is 23.6 Å². The van der Waals surface area contributed by atoms with Crippen LogP contribution < -0.4 is 20.1 Å². The van der Waals surface area contributed by atoms with E-state index in [1.54, 1.807) is 13.8 Å². The fraction of sp³-hybridized carbons (Fsp3) is 0.400. The zero-order valence-corrected chi connectivity index (χ0v) is 12.7. The molecule has 0 fully saturated rings. The van der Waals surface area contributed by atoms with Gasteiger partial charge in [0.15, 0.2) is 11.5 Å². The van der Waals surface area contributed by atoms with Gasteiger partial charge in [-0.1, -0.05) is 12.2 Å². The molecule has 2 N–H and O–H groups in total. The van der Waals surface area contributed by atoms with E-state index in [-0.39, 0.29) is 6.03 Å². The number of nitrogens with one attached hydrogen (secondary N) is 2. The van der Waals surface area contributed by atoms with Crippen LogP contribution >= 0.6 is 0 Å². The average molecular weight is 296 g/mol. The molecule has 0 saturated carbocycles. The van der Waals surface area contributed by atoms with E-state index in [1.807, 2.05) is 0 Å². The third-order valence-electron chi connectivity index (χ3n) is 2.87. The Morgan fingerprint density at radius 3 is 2.43 bits per heavy atom. The molecule has 0 unspecified atom stereocenters. The maximum Gasteiger partial charge on any atom is 0.315 e.